The minimum Gasteiger partial charge on any atom is -0.479 e. The standard InChI is InChI=1S/C11H18N2O5/c1-10(2,3)18-9(17)13-5-7(14)12-11(4,6-13)8(15)16/h5-6H2,1-4H3,(H,12,14)(H,15,16)/t11-/m0/s1. The summed E-state index contributed by atoms with van der Waals surface area (Å²) in [6, 6.07) is 0. The van der Waals surface area contributed by atoms with Gasteiger partial charge in [-0.15, -0.1) is 0 Å². The third-order valence-corrected chi connectivity index (χ3v) is 2.38. The number of nitrogens with zero attached hydrogens (tertiary/aromatic N) is 1. The first-order chi connectivity index (χ1) is 8.03. The fourth-order valence-electron chi connectivity index (χ4n) is 1.57. The van der Waals surface area contributed by atoms with Gasteiger partial charge in [0, 0.05) is 0 Å². The average Bonchev–Trinajstić information content (AvgIpc) is 2.13. The molecule has 0 saturated carbocycles. The van der Waals surface area contributed by atoms with E-state index in [1.807, 2.05) is 0 Å². The molecule has 0 aliphatic carbocycles. The molecular formula is C11H18N2O5. The zero-order chi connectivity index (χ0) is 14.1. The van der Waals surface area contributed by atoms with E-state index < -0.39 is 29.1 Å². The van der Waals surface area contributed by atoms with Crippen molar-refractivity contribution in [2.75, 3.05) is 13.1 Å². The fraction of sp³-hybridized carbons (Fsp3) is 0.727. The third kappa shape index (κ3) is 3.35. The molecule has 2 amide bonds. The molecule has 7 heteroatoms. The molecule has 0 aromatic carbocycles. The molecule has 1 saturated heterocycles. The van der Waals surface area contributed by atoms with Crippen LogP contribution in [-0.4, -0.2) is 52.2 Å². The Hall–Kier alpha value is -1.79. The molecule has 1 atom stereocenters. The van der Waals surface area contributed by atoms with Crippen LogP contribution in [-0.2, 0) is 14.3 Å². The molecule has 2 N–H and O–H groups in total. The van der Waals surface area contributed by atoms with Gasteiger partial charge in [0.05, 0.1) is 6.54 Å². The fourth-order valence-corrected chi connectivity index (χ4v) is 1.57. The number of nitrogens with one attached hydrogen (secondary N) is 1. The molecule has 0 spiro atoms. The number of carbonyl (C=O) groups is 3. The second-order valence-corrected chi connectivity index (χ2v) is 5.52. The van der Waals surface area contributed by atoms with Crippen molar-refractivity contribution in [2.24, 2.45) is 0 Å². The van der Waals surface area contributed by atoms with Crippen LogP contribution in [0.25, 0.3) is 0 Å². The van der Waals surface area contributed by atoms with Crippen molar-refractivity contribution in [3.05, 3.63) is 0 Å². The highest BCUT2D eigenvalue weighted by molar-refractivity contribution is 5.91. The lowest BCUT2D eigenvalue weighted by molar-refractivity contribution is -0.150. The predicted octanol–water partition coefficient (Wildman–Crippen LogP) is 0.197. The molecule has 1 rings (SSSR count). The van der Waals surface area contributed by atoms with Crippen LogP contribution in [0.15, 0.2) is 0 Å². The maximum atomic E-state index is 11.8. The minimum absolute atomic E-state index is 0.122. The molecule has 7 nitrogen and oxygen atoms in total. The van der Waals surface area contributed by atoms with E-state index in [-0.39, 0.29) is 13.1 Å². The van der Waals surface area contributed by atoms with Crippen LogP contribution >= 0.6 is 0 Å². The number of amides is 2. The van der Waals surface area contributed by atoms with E-state index in [9.17, 15) is 14.4 Å². The van der Waals surface area contributed by atoms with Crippen LogP contribution in [0.4, 0.5) is 4.79 Å². The van der Waals surface area contributed by atoms with Gasteiger partial charge in [0.15, 0.2) is 5.54 Å². The van der Waals surface area contributed by atoms with Crippen molar-refractivity contribution in [3.63, 3.8) is 0 Å². The van der Waals surface area contributed by atoms with Gasteiger partial charge in [0.25, 0.3) is 0 Å². The third-order valence-electron chi connectivity index (χ3n) is 2.38. The first-order valence-electron chi connectivity index (χ1n) is 5.56. The van der Waals surface area contributed by atoms with Crippen molar-refractivity contribution < 1.29 is 24.2 Å². The van der Waals surface area contributed by atoms with Gasteiger partial charge in [-0.3, -0.25) is 9.69 Å². The van der Waals surface area contributed by atoms with E-state index in [1.165, 1.54) is 6.92 Å². The van der Waals surface area contributed by atoms with Gasteiger partial charge < -0.3 is 15.2 Å². The molecule has 18 heavy (non-hydrogen) atoms. The summed E-state index contributed by atoms with van der Waals surface area (Å²) >= 11 is 0. The highest BCUT2D eigenvalue weighted by atomic mass is 16.6. The second kappa shape index (κ2) is 4.47. The van der Waals surface area contributed by atoms with E-state index >= 15 is 0 Å². The second-order valence-electron chi connectivity index (χ2n) is 5.52. The molecule has 1 heterocycles. The highest BCUT2D eigenvalue weighted by Gasteiger charge is 2.43. The number of aliphatic carboxylic acids is 1. The van der Waals surface area contributed by atoms with Gasteiger partial charge in [-0.05, 0) is 27.7 Å². The molecule has 0 radical (unpaired) electrons. The Balaban J connectivity index is 2.81. The van der Waals surface area contributed by atoms with Crippen molar-refractivity contribution >= 4 is 18.0 Å². The zero-order valence-electron chi connectivity index (χ0n) is 10.9. The van der Waals surface area contributed by atoms with E-state index in [0.717, 1.165) is 4.90 Å². The Morgan fingerprint density at radius 2 is 2.00 bits per heavy atom. The summed E-state index contributed by atoms with van der Waals surface area (Å²) in [6.45, 7) is 6.13. The lowest BCUT2D eigenvalue weighted by atomic mass is 9.99. The number of ether oxygens (including phenoxy) is 1. The molecule has 1 fully saturated rings. The summed E-state index contributed by atoms with van der Waals surface area (Å²) in [5.74, 6) is -1.71. The minimum atomic E-state index is -1.48. The number of carboxylic acid groups (broad SMARTS) is 1. The number of hydrogen-bond acceptors (Lipinski definition) is 4. The summed E-state index contributed by atoms with van der Waals surface area (Å²) in [4.78, 5) is 35.4. The number of rotatable bonds is 1. The van der Waals surface area contributed by atoms with Gasteiger partial charge in [-0.25, -0.2) is 9.59 Å². The SMILES string of the molecule is CC(C)(C)OC(=O)N1CC(=O)N[C@](C)(C(=O)O)C1. The van der Waals surface area contributed by atoms with Gasteiger partial charge in [-0.1, -0.05) is 0 Å². The predicted molar refractivity (Wildman–Crippen MR) is 62.0 cm³/mol. The topological polar surface area (TPSA) is 95.9 Å². The van der Waals surface area contributed by atoms with Crippen LogP contribution in [0.5, 0.6) is 0 Å². The quantitative estimate of drug-likeness (QED) is 0.700. The maximum Gasteiger partial charge on any atom is 0.410 e. The lowest BCUT2D eigenvalue weighted by Crippen LogP contribution is -2.66. The highest BCUT2D eigenvalue weighted by Crippen LogP contribution is 2.16. The Morgan fingerprint density at radius 1 is 1.44 bits per heavy atom. The van der Waals surface area contributed by atoms with Crippen molar-refractivity contribution in [1.82, 2.24) is 10.2 Å². The van der Waals surface area contributed by atoms with E-state index in [2.05, 4.69) is 5.32 Å². The number of carbonyl (C=O) groups excluding carboxylic acids is 2. The first kappa shape index (κ1) is 14.3. The van der Waals surface area contributed by atoms with Crippen LogP contribution < -0.4 is 5.32 Å². The Labute approximate surface area is 105 Å². The van der Waals surface area contributed by atoms with Crippen molar-refractivity contribution in [1.29, 1.82) is 0 Å². The van der Waals surface area contributed by atoms with Crippen LogP contribution in [0.3, 0.4) is 0 Å². The summed E-state index contributed by atoms with van der Waals surface area (Å²) in [7, 11) is 0. The molecule has 0 bridgehead atoms. The molecule has 1 aliphatic heterocycles. The molecule has 1 aliphatic rings. The molecular weight excluding hydrogens is 240 g/mol. The van der Waals surface area contributed by atoms with E-state index in [4.69, 9.17) is 9.84 Å². The van der Waals surface area contributed by atoms with Gasteiger partial charge >= 0.3 is 12.1 Å². The van der Waals surface area contributed by atoms with Crippen molar-refractivity contribution in [2.45, 2.75) is 38.8 Å². The smallest absolute Gasteiger partial charge is 0.410 e. The van der Waals surface area contributed by atoms with Crippen molar-refractivity contribution in [3.8, 4) is 0 Å². The maximum absolute atomic E-state index is 11.8. The summed E-state index contributed by atoms with van der Waals surface area (Å²) in [5, 5.41) is 11.4. The van der Waals surface area contributed by atoms with Gasteiger partial charge in [-0.2, -0.15) is 0 Å². The average molecular weight is 258 g/mol. The summed E-state index contributed by atoms with van der Waals surface area (Å²) < 4.78 is 5.11. The van der Waals surface area contributed by atoms with Crippen LogP contribution in [0.1, 0.15) is 27.7 Å². The first-order valence-corrected chi connectivity index (χ1v) is 5.56. The normalized spacial score (nSPS) is 24.4. The number of hydrogen-bond donors (Lipinski definition) is 2. The zero-order valence-corrected chi connectivity index (χ0v) is 10.9. The summed E-state index contributed by atoms with van der Waals surface area (Å²) in [6.07, 6.45) is -0.690. The lowest BCUT2D eigenvalue weighted by Gasteiger charge is -2.38. The summed E-state index contributed by atoms with van der Waals surface area (Å²) in [5.41, 5.74) is -2.17. The van der Waals surface area contributed by atoms with E-state index in [0.29, 0.717) is 0 Å². The number of carboxylic acids is 1. The van der Waals surface area contributed by atoms with E-state index in [1.54, 1.807) is 20.8 Å². The Bertz CT molecular complexity index is 387. The van der Waals surface area contributed by atoms with Gasteiger partial charge in [0.1, 0.15) is 12.1 Å². The molecule has 102 valence electrons. The van der Waals surface area contributed by atoms with Crippen LogP contribution in [0.2, 0.25) is 0 Å². The monoisotopic (exact) mass is 258 g/mol. The molecule has 0 aromatic rings. The van der Waals surface area contributed by atoms with Crippen LogP contribution in [0, 0.1) is 0 Å². The Kier molecular flexibility index (Phi) is 3.54. The Morgan fingerprint density at radius 3 is 2.44 bits per heavy atom. The number of piperazine rings is 1. The largest absolute Gasteiger partial charge is 0.479 e. The molecule has 0 unspecified atom stereocenters. The molecule has 0 aromatic heterocycles. The van der Waals surface area contributed by atoms with Gasteiger partial charge in [0.2, 0.25) is 5.91 Å².